The van der Waals surface area contributed by atoms with Crippen LogP contribution in [0.4, 0.5) is 0 Å². The average molecular weight is 214 g/mol. The van der Waals surface area contributed by atoms with Crippen LogP contribution in [-0.2, 0) is 0 Å². The van der Waals surface area contributed by atoms with E-state index in [0.717, 1.165) is 6.42 Å². The van der Waals surface area contributed by atoms with Gasteiger partial charge in [-0.2, -0.15) is 0 Å². The van der Waals surface area contributed by atoms with Crippen LogP contribution in [-0.4, -0.2) is 18.5 Å². The molecule has 1 aromatic rings. The van der Waals surface area contributed by atoms with E-state index in [1.54, 1.807) is 12.1 Å². The van der Waals surface area contributed by atoms with Crippen LogP contribution in [0.15, 0.2) is 24.3 Å². The Morgan fingerprint density at radius 2 is 2.00 bits per heavy atom. The SMILES string of the molecule is O=C([O-])c1ccc(OCCCCl)cc1. The van der Waals surface area contributed by atoms with E-state index in [1.807, 2.05) is 0 Å². The maximum atomic E-state index is 10.4. The first-order chi connectivity index (χ1) is 6.74. The fraction of sp³-hybridized carbons (Fsp3) is 0.300. The van der Waals surface area contributed by atoms with Crippen molar-refractivity contribution in [3.05, 3.63) is 29.8 Å². The number of carboxylic acid groups (broad SMARTS) is 1. The molecule has 0 bridgehead atoms. The molecular formula is C10H10ClO3-. The molecule has 14 heavy (non-hydrogen) atoms. The van der Waals surface area contributed by atoms with Gasteiger partial charge in [0, 0.05) is 5.88 Å². The Labute approximate surface area is 87.3 Å². The number of ether oxygens (including phenoxy) is 1. The van der Waals surface area contributed by atoms with Crippen molar-refractivity contribution in [3.63, 3.8) is 0 Å². The number of carbonyl (C=O) groups excluding carboxylic acids is 1. The topological polar surface area (TPSA) is 49.4 Å². The molecule has 0 fully saturated rings. The number of carbonyl (C=O) groups is 1. The Bertz CT molecular complexity index is 295. The fourth-order valence-electron chi connectivity index (χ4n) is 0.932. The molecule has 1 aromatic carbocycles. The van der Waals surface area contributed by atoms with Crippen molar-refractivity contribution in [2.75, 3.05) is 12.5 Å². The molecule has 0 aliphatic carbocycles. The molecule has 0 heterocycles. The minimum Gasteiger partial charge on any atom is -0.545 e. The zero-order valence-electron chi connectivity index (χ0n) is 7.53. The zero-order valence-corrected chi connectivity index (χ0v) is 8.29. The number of carboxylic acids is 1. The van der Waals surface area contributed by atoms with Crippen molar-refractivity contribution in [2.45, 2.75) is 6.42 Å². The molecule has 0 saturated carbocycles. The minimum atomic E-state index is -1.18. The Morgan fingerprint density at radius 1 is 1.36 bits per heavy atom. The van der Waals surface area contributed by atoms with Gasteiger partial charge >= 0.3 is 0 Å². The summed E-state index contributed by atoms with van der Waals surface area (Å²) in [5, 5.41) is 10.4. The van der Waals surface area contributed by atoms with E-state index in [1.165, 1.54) is 12.1 Å². The standard InChI is InChI=1S/C10H11ClO3/c11-6-1-7-14-9-4-2-8(3-5-9)10(12)13/h2-5H,1,6-7H2,(H,12,13)/p-1. The lowest BCUT2D eigenvalue weighted by molar-refractivity contribution is -0.255. The molecule has 3 nitrogen and oxygen atoms in total. The highest BCUT2D eigenvalue weighted by Crippen LogP contribution is 2.11. The molecule has 0 unspecified atom stereocenters. The average Bonchev–Trinajstić information content (AvgIpc) is 2.19. The maximum absolute atomic E-state index is 10.4. The van der Waals surface area contributed by atoms with E-state index in [2.05, 4.69) is 0 Å². The van der Waals surface area contributed by atoms with Crippen LogP contribution in [0, 0.1) is 0 Å². The fourth-order valence-corrected chi connectivity index (χ4v) is 1.04. The predicted octanol–water partition coefficient (Wildman–Crippen LogP) is 1.06. The van der Waals surface area contributed by atoms with Gasteiger partial charge < -0.3 is 14.6 Å². The quantitative estimate of drug-likeness (QED) is 0.543. The van der Waals surface area contributed by atoms with Gasteiger partial charge in [0.15, 0.2) is 0 Å². The van der Waals surface area contributed by atoms with Gasteiger partial charge in [0.1, 0.15) is 5.75 Å². The van der Waals surface area contributed by atoms with Crippen LogP contribution in [0.3, 0.4) is 0 Å². The van der Waals surface area contributed by atoms with Gasteiger partial charge in [-0.3, -0.25) is 0 Å². The molecule has 0 aromatic heterocycles. The molecule has 0 spiro atoms. The summed E-state index contributed by atoms with van der Waals surface area (Å²) in [6, 6.07) is 6.09. The van der Waals surface area contributed by atoms with E-state index in [0.29, 0.717) is 18.2 Å². The third kappa shape index (κ3) is 3.26. The summed E-state index contributed by atoms with van der Waals surface area (Å²) in [5.74, 6) is 0.00866. The van der Waals surface area contributed by atoms with Crippen LogP contribution in [0.1, 0.15) is 16.8 Å². The van der Waals surface area contributed by atoms with Crippen LogP contribution >= 0.6 is 11.6 Å². The lowest BCUT2D eigenvalue weighted by Crippen LogP contribution is -2.21. The van der Waals surface area contributed by atoms with E-state index >= 15 is 0 Å². The molecule has 0 N–H and O–H groups in total. The van der Waals surface area contributed by atoms with Crippen LogP contribution in [0.25, 0.3) is 0 Å². The largest absolute Gasteiger partial charge is 0.545 e. The first kappa shape index (κ1) is 10.9. The summed E-state index contributed by atoms with van der Waals surface area (Å²) in [7, 11) is 0. The van der Waals surface area contributed by atoms with Gasteiger partial charge in [-0.25, -0.2) is 0 Å². The van der Waals surface area contributed by atoms with Crippen LogP contribution in [0.2, 0.25) is 0 Å². The van der Waals surface area contributed by atoms with E-state index in [-0.39, 0.29) is 5.56 Å². The van der Waals surface area contributed by atoms with Crippen molar-refractivity contribution in [1.29, 1.82) is 0 Å². The molecule has 0 aliphatic rings. The number of hydrogen-bond acceptors (Lipinski definition) is 3. The summed E-state index contributed by atoms with van der Waals surface area (Å²) < 4.78 is 5.28. The first-order valence-electron chi connectivity index (χ1n) is 4.24. The highest BCUT2D eigenvalue weighted by atomic mass is 35.5. The van der Waals surface area contributed by atoms with Crippen LogP contribution < -0.4 is 9.84 Å². The molecule has 76 valence electrons. The number of alkyl halides is 1. The number of halogens is 1. The van der Waals surface area contributed by atoms with E-state index < -0.39 is 5.97 Å². The second-order valence-corrected chi connectivity index (χ2v) is 3.08. The number of rotatable bonds is 5. The van der Waals surface area contributed by atoms with Crippen molar-refractivity contribution in [1.82, 2.24) is 0 Å². The van der Waals surface area contributed by atoms with Crippen molar-refractivity contribution >= 4 is 17.6 Å². The number of hydrogen-bond donors (Lipinski definition) is 0. The van der Waals surface area contributed by atoms with Crippen molar-refractivity contribution in [3.8, 4) is 5.75 Å². The van der Waals surface area contributed by atoms with Gasteiger partial charge in [-0.1, -0.05) is 0 Å². The van der Waals surface area contributed by atoms with E-state index in [9.17, 15) is 9.90 Å². The predicted molar refractivity (Wildman–Crippen MR) is 51.6 cm³/mol. The minimum absolute atomic E-state index is 0.148. The zero-order chi connectivity index (χ0) is 10.4. The highest BCUT2D eigenvalue weighted by molar-refractivity contribution is 6.17. The summed E-state index contributed by atoms with van der Waals surface area (Å²) >= 11 is 5.47. The van der Waals surface area contributed by atoms with E-state index in [4.69, 9.17) is 16.3 Å². The molecule has 0 radical (unpaired) electrons. The molecule has 0 aliphatic heterocycles. The van der Waals surface area contributed by atoms with Gasteiger partial charge in [-0.05, 0) is 36.2 Å². The smallest absolute Gasteiger partial charge is 0.119 e. The number of benzene rings is 1. The van der Waals surface area contributed by atoms with Crippen LogP contribution in [0.5, 0.6) is 5.75 Å². The normalized spacial score (nSPS) is 9.79. The first-order valence-corrected chi connectivity index (χ1v) is 4.77. The second kappa shape index (κ2) is 5.50. The Morgan fingerprint density at radius 3 is 2.50 bits per heavy atom. The molecule has 0 amide bonds. The van der Waals surface area contributed by atoms with Gasteiger partial charge in [0.2, 0.25) is 0 Å². The number of aromatic carboxylic acids is 1. The third-order valence-electron chi connectivity index (χ3n) is 1.64. The molecule has 0 atom stereocenters. The summed E-state index contributed by atoms with van der Waals surface area (Å²) in [5.41, 5.74) is 0.148. The Balaban J connectivity index is 2.51. The van der Waals surface area contributed by atoms with Crippen molar-refractivity contribution < 1.29 is 14.6 Å². The third-order valence-corrected chi connectivity index (χ3v) is 1.90. The summed E-state index contributed by atoms with van der Waals surface area (Å²) in [4.78, 5) is 10.4. The van der Waals surface area contributed by atoms with Gasteiger partial charge in [-0.15, -0.1) is 11.6 Å². The van der Waals surface area contributed by atoms with Gasteiger partial charge in [0.25, 0.3) is 0 Å². The lowest BCUT2D eigenvalue weighted by atomic mass is 10.2. The Hall–Kier alpha value is -1.22. The second-order valence-electron chi connectivity index (χ2n) is 2.70. The maximum Gasteiger partial charge on any atom is 0.119 e. The highest BCUT2D eigenvalue weighted by Gasteiger charge is 1.95. The molecule has 1 rings (SSSR count). The van der Waals surface area contributed by atoms with Crippen molar-refractivity contribution in [2.24, 2.45) is 0 Å². The summed E-state index contributed by atoms with van der Waals surface area (Å²) in [6.45, 7) is 0.536. The molecule has 0 saturated heterocycles. The van der Waals surface area contributed by atoms with Gasteiger partial charge in [0.05, 0.1) is 12.6 Å². The molecule has 4 heteroatoms. The Kier molecular flexibility index (Phi) is 4.26. The summed E-state index contributed by atoms with van der Waals surface area (Å²) in [6.07, 6.45) is 0.768. The monoisotopic (exact) mass is 213 g/mol. The lowest BCUT2D eigenvalue weighted by Gasteiger charge is -2.06. The molecular weight excluding hydrogens is 204 g/mol.